The van der Waals surface area contributed by atoms with E-state index in [-0.39, 0.29) is 17.9 Å². The summed E-state index contributed by atoms with van der Waals surface area (Å²) in [5.74, 6) is -1.04. The number of nitrogens with one attached hydrogen (secondary N) is 1. The van der Waals surface area contributed by atoms with Gasteiger partial charge in [-0.2, -0.15) is 17.9 Å². The monoisotopic (exact) mass is 428 g/mol. The lowest BCUT2D eigenvalue weighted by atomic mass is 10.2. The molecule has 1 N–H and O–H groups in total. The molecule has 2 atom stereocenters. The van der Waals surface area contributed by atoms with E-state index in [0.29, 0.717) is 6.07 Å². The molecule has 0 bridgehead atoms. The van der Waals surface area contributed by atoms with Crippen LogP contribution in [0, 0.1) is 0 Å². The SMILES string of the molecule is C[C@H](NS(=O)(=O)c1ccccc1C(F)(F)F)C(=O)N(C)C1CCS(=O)(=O)C1. The highest BCUT2D eigenvalue weighted by atomic mass is 32.2. The van der Waals surface area contributed by atoms with Crippen LogP contribution >= 0.6 is 0 Å². The van der Waals surface area contributed by atoms with Gasteiger partial charge in [-0.25, -0.2) is 16.8 Å². The zero-order valence-corrected chi connectivity index (χ0v) is 16.2. The van der Waals surface area contributed by atoms with Crippen LogP contribution in [0.2, 0.25) is 0 Å². The summed E-state index contributed by atoms with van der Waals surface area (Å²) in [6.07, 6.45) is -4.66. The number of halogens is 3. The first-order chi connectivity index (χ1) is 12.2. The summed E-state index contributed by atoms with van der Waals surface area (Å²) in [5.41, 5.74) is -1.34. The van der Waals surface area contributed by atoms with Gasteiger partial charge in [-0.3, -0.25) is 4.79 Å². The van der Waals surface area contributed by atoms with Gasteiger partial charge in [0, 0.05) is 13.1 Å². The Bertz CT molecular complexity index is 929. The molecule has 1 saturated heterocycles. The van der Waals surface area contributed by atoms with Crippen LogP contribution < -0.4 is 4.72 Å². The van der Waals surface area contributed by atoms with Crippen LogP contribution in [0.4, 0.5) is 13.2 Å². The number of amides is 1. The maximum atomic E-state index is 13.1. The number of likely N-dealkylation sites (N-methyl/N-ethyl adjacent to an activating group) is 1. The Morgan fingerprint density at radius 3 is 2.41 bits per heavy atom. The Morgan fingerprint density at radius 1 is 1.30 bits per heavy atom. The molecule has 0 spiro atoms. The Balaban J connectivity index is 2.20. The van der Waals surface area contributed by atoms with Crippen LogP contribution in [0.15, 0.2) is 29.2 Å². The molecule has 2 rings (SSSR count). The molecule has 0 radical (unpaired) electrons. The summed E-state index contributed by atoms with van der Waals surface area (Å²) >= 11 is 0. The lowest BCUT2D eigenvalue weighted by Crippen LogP contribution is -2.49. The smallest absolute Gasteiger partial charge is 0.340 e. The van der Waals surface area contributed by atoms with Gasteiger partial charge < -0.3 is 4.90 Å². The average molecular weight is 428 g/mol. The second kappa shape index (κ2) is 7.40. The van der Waals surface area contributed by atoms with E-state index in [1.165, 1.54) is 14.0 Å². The zero-order chi connectivity index (χ0) is 20.6. The molecule has 0 aromatic heterocycles. The van der Waals surface area contributed by atoms with E-state index in [9.17, 15) is 34.8 Å². The first-order valence-electron chi connectivity index (χ1n) is 7.90. The summed E-state index contributed by atoms with van der Waals surface area (Å²) < 4.78 is 88.9. The fraction of sp³-hybridized carbons (Fsp3) is 0.533. The van der Waals surface area contributed by atoms with Crippen molar-refractivity contribution in [3.63, 3.8) is 0 Å². The summed E-state index contributed by atoms with van der Waals surface area (Å²) in [6.45, 7) is 1.19. The van der Waals surface area contributed by atoms with Crippen molar-refractivity contribution in [3.8, 4) is 0 Å². The lowest BCUT2D eigenvalue weighted by Gasteiger charge is -2.27. The van der Waals surface area contributed by atoms with Crippen LogP contribution in [0.3, 0.4) is 0 Å². The summed E-state index contributed by atoms with van der Waals surface area (Å²) in [5, 5.41) is 0. The number of carbonyl (C=O) groups is 1. The van der Waals surface area contributed by atoms with Crippen molar-refractivity contribution in [2.75, 3.05) is 18.6 Å². The Labute approximate surface area is 155 Å². The third-order valence-corrected chi connectivity index (χ3v) is 7.64. The highest BCUT2D eigenvalue weighted by Crippen LogP contribution is 2.34. The number of nitrogens with zero attached hydrogens (tertiary/aromatic N) is 1. The van der Waals surface area contributed by atoms with E-state index >= 15 is 0 Å². The minimum absolute atomic E-state index is 0.0750. The molecular weight excluding hydrogens is 409 g/mol. The second-order valence-corrected chi connectivity index (χ2v) is 10.3. The van der Waals surface area contributed by atoms with Crippen LogP contribution in [0.1, 0.15) is 18.9 Å². The quantitative estimate of drug-likeness (QED) is 0.755. The van der Waals surface area contributed by atoms with Crippen LogP contribution in [0.5, 0.6) is 0 Å². The Morgan fingerprint density at radius 2 is 1.89 bits per heavy atom. The standard InChI is InChI=1S/C15H19F3N2O5S2/c1-10(14(21)20(2)11-7-8-26(22,23)9-11)19-27(24,25)13-6-4-3-5-12(13)15(16,17)18/h3-6,10-11,19H,7-9H2,1-2H3/t10-,11?/m0/s1. The van der Waals surface area contributed by atoms with Crippen LogP contribution in [-0.2, 0) is 30.8 Å². The number of rotatable bonds is 5. The van der Waals surface area contributed by atoms with E-state index in [1.54, 1.807) is 0 Å². The first kappa shape index (κ1) is 21.6. The molecule has 7 nitrogen and oxygen atoms in total. The second-order valence-electron chi connectivity index (χ2n) is 6.34. The summed E-state index contributed by atoms with van der Waals surface area (Å²) in [4.78, 5) is 12.5. The Hall–Kier alpha value is -1.66. The lowest BCUT2D eigenvalue weighted by molar-refractivity contribution is -0.139. The molecular formula is C15H19F3N2O5S2. The molecule has 1 aromatic carbocycles. The molecule has 1 fully saturated rings. The minimum Gasteiger partial charge on any atom is -0.340 e. The van der Waals surface area contributed by atoms with Crippen molar-refractivity contribution in [2.24, 2.45) is 0 Å². The summed E-state index contributed by atoms with van der Waals surface area (Å²) in [7, 11) is -6.56. The molecule has 0 aliphatic carbocycles. The fourth-order valence-corrected chi connectivity index (χ4v) is 6.05. The predicted molar refractivity (Wildman–Crippen MR) is 91.1 cm³/mol. The van der Waals surface area contributed by atoms with Crippen molar-refractivity contribution in [1.82, 2.24) is 9.62 Å². The van der Waals surface area contributed by atoms with Gasteiger partial charge in [0.05, 0.1) is 28.0 Å². The molecule has 1 unspecified atom stereocenters. The molecule has 152 valence electrons. The number of sulfonamides is 1. The van der Waals surface area contributed by atoms with E-state index in [1.807, 2.05) is 4.72 Å². The molecule has 1 aromatic rings. The fourth-order valence-electron chi connectivity index (χ4n) is 2.85. The number of hydrogen-bond donors (Lipinski definition) is 1. The van der Waals surface area contributed by atoms with Gasteiger partial charge >= 0.3 is 6.18 Å². The van der Waals surface area contributed by atoms with E-state index < -0.39 is 54.5 Å². The molecule has 12 heteroatoms. The largest absolute Gasteiger partial charge is 0.417 e. The highest BCUT2D eigenvalue weighted by molar-refractivity contribution is 7.91. The molecule has 1 aliphatic heterocycles. The van der Waals surface area contributed by atoms with Crippen LogP contribution in [-0.4, -0.2) is 58.3 Å². The minimum atomic E-state index is -4.88. The Kier molecular flexibility index (Phi) is 5.93. The van der Waals surface area contributed by atoms with Gasteiger partial charge in [-0.15, -0.1) is 0 Å². The van der Waals surface area contributed by atoms with Crippen molar-refractivity contribution in [3.05, 3.63) is 29.8 Å². The molecule has 1 heterocycles. The zero-order valence-electron chi connectivity index (χ0n) is 14.5. The molecule has 27 heavy (non-hydrogen) atoms. The first-order valence-corrected chi connectivity index (χ1v) is 11.2. The maximum absolute atomic E-state index is 13.1. The van der Waals surface area contributed by atoms with Gasteiger partial charge in [0.25, 0.3) is 0 Å². The van der Waals surface area contributed by atoms with E-state index in [4.69, 9.17) is 0 Å². The number of hydrogen-bond acceptors (Lipinski definition) is 5. The number of carbonyl (C=O) groups excluding carboxylic acids is 1. The van der Waals surface area contributed by atoms with Gasteiger partial charge in [0.2, 0.25) is 15.9 Å². The van der Waals surface area contributed by atoms with Gasteiger partial charge in [0.1, 0.15) is 0 Å². The van der Waals surface area contributed by atoms with Gasteiger partial charge in [0.15, 0.2) is 9.84 Å². The van der Waals surface area contributed by atoms with Crippen molar-refractivity contribution >= 4 is 25.8 Å². The number of sulfone groups is 1. The van der Waals surface area contributed by atoms with Crippen molar-refractivity contribution in [2.45, 2.75) is 36.5 Å². The third-order valence-electron chi connectivity index (χ3n) is 4.29. The topological polar surface area (TPSA) is 101 Å². The molecule has 1 aliphatic rings. The number of benzene rings is 1. The molecule has 0 saturated carbocycles. The maximum Gasteiger partial charge on any atom is 0.417 e. The van der Waals surface area contributed by atoms with Gasteiger partial charge in [-0.05, 0) is 25.5 Å². The molecule has 1 amide bonds. The van der Waals surface area contributed by atoms with Gasteiger partial charge in [-0.1, -0.05) is 12.1 Å². The third kappa shape index (κ3) is 4.99. The van der Waals surface area contributed by atoms with Crippen LogP contribution in [0.25, 0.3) is 0 Å². The normalized spacial score (nSPS) is 21.0. The highest BCUT2D eigenvalue weighted by Gasteiger charge is 2.39. The van der Waals surface area contributed by atoms with Crippen molar-refractivity contribution in [1.29, 1.82) is 0 Å². The predicted octanol–water partition coefficient (Wildman–Crippen LogP) is 1.02. The van der Waals surface area contributed by atoms with E-state index in [0.717, 1.165) is 23.1 Å². The van der Waals surface area contributed by atoms with E-state index in [2.05, 4.69) is 0 Å². The number of alkyl halides is 3. The van der Waals surface area contributed by atoms with Crippen molar-refractivity contribution < 1.29 is 34.8 Å². The average Bonchev–Trinajstić information content (AvgIpc) is 2.92. The summed E-state index contributed by atoms with van der Waals surface area (Å²) in [6, 6.07) is 1.67.